The van der Waals surface area contributed by atoms with Gasteiger partial charge in [-0.05, 0) is 58.7 Å². The number of hydrogen-bond donors (Lipinski definition) is 0. The third-order valence-electron chi connectivity index (χ3n) is 6.60. The van der Waals surface area contributed by atoms with Crippen LogP contribution in [0.2, 0.25) is 0 Å². The van der Waals surface area contributed by atoms with Gasteiger partial charge in [0.05, 0.1) is 5.58 Å². The smallest absolute Gasteiger partial charge is 0.121 e. The van der Waals surface area contributed by atoms with Crippen molar-refractivity contribution in [2.45, 2.75) is 33.4 Å². The van der Waals surface area contributed by atoms with E-state index >= 15 is 0 Å². The van der Waals surface area contributed by atoms with Gasteiger partial charge >= 0.3 is 0 Å². The van der Waals surface area contributed by atoms with E-state index in [9.17, 15) is 0 Å². The van der Waals surface area contributed by atoms with Crippen LogP contribution in [0.3, 0.4) is 0 Å². The van der Waals surface area contributed by atoms with Crippen molar-refractivity contribution >= 4 is 32.7 Å². The van der Waals surface area contributed by atoms with E-state index in [1.165, 1.54) is 37.5 Å². The number of furan rings is 1. The molecule has 0 amide bonds. The van der Waals surface area contributed by atoms with Crippen LogP contribution >= 0.6 is 0 Å². The van der Waals surface area contributed by atoms with E-state index in [0.29, 0.717) is 33.7 Å². The maximum Gasteiger partial charge on any atom is 0.121 e. The number of pyridine rings is 2. The van der Waals surface area contributed by atoms with Crippen molar-refractivity contribution in [1.82, 2.24) is 9.97 Å². The Kier molecular flexibility index (Phi) is 5.45. The number of rotatable bonds is 3. The minimum Gasteiger partial charge on any atom is -0.501 e. The van der Waals surface area contributed by atoms with Crippen LogP contribution in [0, 0.1) is 25.8 Å². The van der Waals surface area contributed by atoms with Gasteiger partial charge in [-0.2, -0.15) is 0 Å². The number of aryl methyl sites for hydroxylation is 2. The summed E-state index contributed by atoms with van der Waals surface area (Å²) in [5.41, 5.74) is 4.52. The summed E-state index contributed by atoms with van der Waals surface area (Å²) in [6.45, 7) is -5.40. The minimum absolute atomic E-state index is 0. The Morgan fingerprint density at radius 1 is 0.829 bits per heavy atom. The number of aromatic nitrogens is 2. The van der Waals surface area contributed by atoms with Gasteiger partial charge in [-0.25, -0.2) is 0 Å². The Bertz CT molecular complexity index is 2250. The summed E-state index contributed by atoms with van der Waals surface area (Å²) < 4.78 is 81.4. The van der Waals surface area contributed by atoms with Gasteiger partial charge in [0.2, 0.25) is 0 Å². The third kappa shape index (κ3) is 6.00. The van der Waals surface area contributed by atoms with E-state index in [2.05, 4.69) is 34.2 Å². The molecule has 0 aliphatic carbocycles. The molecule has 3 heterocycles. The summed E-state index contributed by atoms with van der Waals surface area (Å²) in [5, 5.41) is 4.17. The van der Waals surface area contributed by atoms with Crippen molar-refractivity contribution in [2.75, 3.05) is 0 Å². The summed E-state index contributed by atoms with van der Waals surface area (Å²) in [4.78, 5) is 8.50. The molecule has 205 valence electrons. The molecule has 1 atom stereocenters. The largest absolute Gasteiger partial charge is 0.501 e. The zero-order chi connectivity index (χ0) is 36.1. The third-order valence-corrected chi connectivity index (χ3v) is 6.60. The van der Waals surface area contributed by atoms with Crippen LogP contribution in [0.1, 0.15) is 50.1 Å². The van der Waals surface area contributed by atoms with Crippen LogP contribution < -0.4 is 0 Å². The second kappa shape index (κ2) is 12.2. The van der Waals surface area contributed by atoms with Gasteiger partial charge in [-0.15, -0.1) is 53.6 Å². The Hall–Kier alpha value is -4.11. The molecular weight excluding hydrogens is 681 g/mol. The normalized spacial score (nSPS) is 16.9. The van der Waals surface area contributed by atoms with Crippen molar-refractivity contribution in [1.29, 1.82) is 0 Å². The molecule has 0 saturated carbocycles. The molecule has 7 rings (SSSR count). The molecule has 1 radical (unpaired) electrons. The van der Waals surface area contributed by atoms with Gasteiger partial charge in [0.25, 0.3) is 0 Å². The van der Waals surface area contributed by atoms with Gasteiger partial charge in [0.15, 0.2) is 0 Å². The molecule has 7 aromatic rings. The second-order valence-corrected chi connectivity index (χ2v) is 9.37. The summed E-state index contributed by atoms with van der Waals surface area (Å²) in [6.07, 6.45) is 2.83. The molecule has 41 heavy (non-hydrogen) atoms. The van der Waals surface area contributed by atoms with E-state index in [0.717, 1.165) is 27.1 Å². The Balaban J connectivity index is 0.000000211. The quantitative estimate of drug-likeness (QED) is 0.171. The fraction of sp³-hybridized carbons (Fsp3) is 0.135. The van der Waals surface area contributed by atoms with E-state index in [4.69, 9.17) is 18.1 Å². The molecule has 0 spiro atoms. The SMILES string of the molecule is [2H]C([2H])([2H])C([2H])(C)c1ccnc(-c2[c-]ccc3c2oc2cc4ccccc4cc23)c1.[2H]C([2H])([2H])c1c[c-]c(-c2ccc(C([2H])([2H])[2H])cn2)cc1.[Ir]. The molecule has 0 N–H and O–H groups in total. The van der Waals surface area contributed by atoms with Gasteiger partial charge in [0.1, 0.15) is 5.58 Å². The Morgan fingerprint density at radius 3 is 2.39 bits per heavy atom. The van der Waals surface area contributed by atoms with Crippen LogP contribution in [-0.4, -0.2) is 9.97 Å². The van der Waals surface area contributed by atoms with Crippen LogP contribution in [0.25, 0.3) is 55.2 Å². The average molecular weight is 721 g/mol. The first-order valence-electron chi connectivity index (χ1n) is 17.7. The molecule has 0 saturated heterocycles. The van der Waals surface area contributed by atoms with Crippen LogP contribution in [0.4, 0.5) is 0 Å². The Labute approximate surface area is 268 Å². The molecule has 0 aliphatic heterocycles. The summed E-state index contributed by atoms with van der Waals surface area (Å²) >= 11 is 0. The first-order valence-corrected chi connectivity index (χ1v) is 12.7. The van der Waals surface area contributed by atoms with Crippen molar-refractivity contribution < 1.29 is 38.2 Å². The van der Waals surface area contributed by atoms with Crippen molar-refractivity contribution in [3.05, 3.63) is 132 Å². The van der Waals surface area contributed by atoms with Crippen LogP contribution in [0.15, 0.2) is 108 Å². The van der Waals surface area contributed by atoms with Crippen molar-refractivity contribution in [3.63, 3.8) is 0 Å². The summed E-state index contributed by atoms with van der Waals surface area (Å²) in [7, 11) is 0. The molecular formula is C37H30IrN2O-2. The summed E-state index contributed by atoms with van der Waals surface area (Å²) in [6, 6.07) is 32.9. The van der Waals surface area contributed by atoms with E-state index in [-0.39, 0.29) is 31.2 Å². The summed E-state index contributed by atoms with van der Waals surface area (Å²) in [5.74, 6) is -1.75. The molecule has 0 aliphatic rings. The molecule has 3 aromatic heterocycles. The predicted molar refractivity (Wildman–Crippen MR) is 165 cm³/mol. The number of hydrogen-bond acceptors (Lipinski definition) is 3. The maximum absolute atomic E-state index is 8.39. The van der Waals surface area contributed by atoms with Crippen molar-refractivity contribution in [3.8, 4) is 22.5 Å². The fourth-order valence-electron chi connectivity index (χ4n) is 4.55. The predicted octanol–water partition coefficient (Wildman–Crippen LogP) is 9.89. The first kappa shape index (κ1) is 18.3. The molecule has 0 bridgehead atoms. The number of benzene rings is 4. The van der Waals surface area contributed by atoms with Gasteiger partial charge in [0, 0.05) is 51.6 Å². The standard InChI is InChI=1S/C24H18NO.C13H12N.Ir/c1-15(2)16-10-11-25-22(13-16)20-9-5-8-19-21-12-17-6-3-4-7-18(17)14-23(21)26-24(19)20;1-10-3-6-12(7-4-10)13-8-5-11(2)9-14-13;/h3-8,10-15H,1-2H3;3-6,8-9H,1-2H3;/q2*-1;/i1D3,15D;1D3,2D3;. The molecule has 4 heteroatoms. The molecule has 3 nitrogen and oxygen atoms in total. The van der Waals surface area contributed by atoms with E-state index < -0.39 is 26.4 Å². The number of fused-ring (bicyclic) bond motifs is 4. The molecule has 1 unspecified atom stereocenters. The zero-order valence-corrected chi connectivity index (χ0v) is 24.3. The van der Waals surface area contributed by atoms with Gasteiger partial charge in [-0.1, -0.05) is 79.6 Å². The van der Waals surface area contributed by atoms with E-state index in [1.54, 1.807) is 24.3 Å². The zero-order valence-electron chi connectivity index (χ0n) is 32.0. The van der Waals surface area contributed by atoms with Crippen LogP contribution in [-0.2, 0) is 20.1 Å². The molecule has 4 aromatic carbocycles. The van der Waals surface area contributed by atoms with Gasteiger partial charge in [-0.3, -0.25) is 0 Å². The number of nitrogens with zero attached hydrogens (tertiary/aromatic N) is 2. The van der Waals surface area contributed by atoms with Gasteiger partial charge < -0.3 is 14.4 Å². The maximum atomic E-state index is 8.39. The van der Waals surface area contributed by atoms with E-state index in [1.807, 2.05) is 36.4 Å². The molecule has 0 fully saturated rings. The Morgan fingerprint density at radius 2 is 1.66 bits per heavy atom. The average Bonchev–Trinajstić information content (AvgIpc) is 3.44. The monoisotopic (exact) mass is 721 g/mol. The fourth-order valence-corrected chi connectivity index (χ4v) is 4.55. The van der Waals surface area contributed by atoms with Crippen molar-refractivity contribution in [2.24, 2.45) is 0 Å². The topological polar surface area (TPSA) is 38.9 Å². The second-order valence-electron chi connectivity index (χ2n) is 9.37. The first-order chi connectivity index (χ1) is 23.4. The minimum atomic E-state index is -2.46. The van der Waals surface area contributed by atoms with Crippen LogP contribution in [0.5, 0.6) is 0 Å².